The van der Waals surface area contributed by atoms with Gasteiger partial charge in [0.05, 0.1) is 25.4 Å². The predicted octanol–water partition coefficient (Wildman–Crippen LogP) is 16.5. The number of hydrogen-bond acceptors (Lipinski definition) is 8. The maximum atomic E-state index is 13.1. The molecule has 6 N–H and O–H groups in total. The van der Waals surface area contributed by atoms with Gasteiger partial charge in [-0.1, -0.05) is 295 Å². The van der Waals surface area contributed by atoms with Crippen molar-refractivity contribution < 1.29 is 39.8 Å². The second kappa shape index (κ2) is 54.0. The summed E-state index contributed by atoms with van der Waals surface area (Å²) >= 11 is 0. The summed E-state index contributed by atoms with van der Waals surface area (Å²) in [6.07, 6.45) is 62.6. The Kier molecular flexibility index (Phi) is 51.6. The molecule has 7 atom stereocenters. The van der Waals surface area contributed by atoms with E-state index in [2.05, 4.69) is 31.3 Å². The molecule has 0 aromatic carbocycles. The van der Waals surface area contributed by atoms with E-state index in [0.29, 0.717) is 6.42 Å². The molecule has 9 nitrogen and oxygen atoms in total. The van der Waals surface area contributed by atoms with E-state index in [1.807, 2.05) is 6.08 Å². The van der Waals surface area contributed by atoms with Gasteiger partial charge < -0.3 is 40.3 Å². The van der Waals surface area contributed by atoms with Gasteiger partial charge in [-0.2, -0.15) is 0 Å². The second-order valence-electron chi connectivity index (χ2n) is 22.6. The number of unbranched alkanes of at least 4 members (excludes halogenated alkanes) is 44. The molecule has 0 aromatic heterocycles. The van der Waals surface area contributed by atoms with Crippen molar-refractivity contribution in [1.29, 1.82) is 0 Å². The maximum absolute atomic E-state index is 13.1. The quantitative estimate of drug-likeness (QED) is 0.0261. The Morgan fingerprint density at radius 3 is 1.11 bits per heavy atom. The van der Waals surface area contributed by atoms with Crippen LogP contribution in [0.25, 0.3) is 0 Å². The van der Waals surface area contributed by atoms with Crippen LogP contribution in [0, 0.1) is 0 Å². The molecular weight excluding hydrogens is 911 g/mol. The number of aliphatic hydroxyl groups excluding tert-OH is 5. The molecule has 0 aromatic rings. The highest BCUT2D eigenvalue weighted by Gasteiger charge is 2.44. The van der Waals surface area contributed by atoms with E-state index in [4.69, 9.17) is 9.47 Å². The standard InChI is InChI=1S/C64H123NO8/c1-3-5-7-9-11-13-15-17-19-21-23-25-27-28-29-30-32-33-35-37-39-41-43-45-47-49-51-53-58(67)57(56-72-64-63(71)62(70)61(69)59(55-66)73-64)65-60(68)54-52-50-48-46-44-42-40-38-36-34-31-26-24-22-20-18-16-14-12-10-8-6-4-2/h22,24,51,53,57-59,61-64,66-67,69-71H,3-21,23,25-50,52,54-56H2,1-2H3,(H,65,68)/b24-22-,53-51+. The summed E-state index contributed by atoms with van der Waals surface area (Å²) < 4.78 is 11.3. The molecule has 432 valence electrons. The number of hydrogen-bond donors (Lipinski definition) is 6. The van der Waals surface area contributed by atoms with Crippen molar-refractivity contribution >= 4 is 5.91 Å². The first-order valence-corrected chi connectivity index (χ1v) is 32.1. The van der Waals surface area contributed by atoms with Crippen LogP contribution >= 0.6 is 0 Å². The zero-order chi connectivity index (χ0) is 52.9. The van der Waals surface area contributed by atoms with Crippen molar-refractivity contribution in [3.05, 3.63) is 24.3 Å². The SMILES string of the molecule is CCCCCCCCCC/C=C\CCCCCCCCCCCCCC(=O)NC(COC1OC(CO)C(O)C(O)C1O)C(O)/C=C/CCCCCCCCCCCCCCCCCCCCCCCCCCC. The Bertz CT molecular complexity index is 1200. The number of ether oxygens (including phenoxy) is 2. The lowest BCUT2D eigenvalue weighted by Gasteiger charge is -2.40. The summed E-state index contributed by atoms with van der Waals surface area (Å²) in [5.74, 6) is -0.172. The summed E-state index contributed by atoms with van der Waals surface area (Å²) in [7, 11) is 0. The molecule has 0 saturated carbocycles. The number of rotatable bonds is 56. The van der Waals surface area contributed by atoms with Gasteiger partial charge in [-0.3, -0.25) is 4.79 Å². The highest BCUT2D eigenvalue weighted by atomic mass is 16.7. The molecule has 7 unspecified atom stereocenters. The van der Waals surface area contributed by atoms with Crippen LogP contribution in [0.3, 0.4) is 0 Å². The van der Waals surface area contributed by atoms with Crippen LogP contribution in [0.5, 0.6) is 0 Å². The van der Waals surface area contributed by atoms with Gasteiger partial charge in [-0.05, 0) is 44.9 Å². The minimum atomic E-state index is -1.57. The molecule has 1 saturated heterocycles. The second-order valence-corrected chi connectivity index (χ2v) is 22.6. The van der Waals surface area contributed by atoms with E-state index >= 15 is 0 Å². The number of allylic oxidation sites excluding steroid dienone is 3. The summed E-state index contributed by atoms with van der Waals surface area (Å²) in [4.78, 5) is 13.1. The first-order valence-electron chi connectivity index (χ1n) is 32.1. The Morgan fingerprint density at radius 2 is 0.767 bits per heavy atom. The van der Waals surface area contributed by atoms with Gasteiger partial charge in [0.2, 0.25) is 5.91 Å². The van der Waals surface area contributed by atoms with Crippen LogP contribution in [-0.4, -0.2) is 87.5 Å². The fourth-order valence-corrected chi connectivity index (χ4v) is 10.4. The summed E-state index contributed by atoms with van der Waals surface area (Å²) in [6.45, 7) is 3.83. The van der Waals surface area contributed by atoms with Crippen LogP contribution in [-0.2, 0) is 14.3 Å². The number of aliphatic hydroxyl groups is 5. The fourth-order valence-electron chi connectivity index (χ4n) is 10.4. The minimum Gasteiger partial charge on any atom is -0.394 e. The monoisotopic (exact) mass is 1030 g/mol. The predicted molar refractivity (Wildman–Crippen MR) is 309 cm³/mol. The Labute approximate surface area is 451 Å². The molecule has 0 radical (unpaired) electrons. The highest BCUT2D eigenvalue weighted by Crippen LogP contribution is 2.23. The normalized spacial score (nSPS) is 19.1. The van der Waals surface area contributed by atoms with E-state index in [0.717, 1.165) is 38.5 Å². The van der Waals surface area contributed by atoms with Gasteiger partial charge in [-0.25, -0.2) is 0 Å². The van der Waals surface area contributed by atoms with Crippen LogP contribution in [0.15, 0.2) is 24.3 Å². The Hall–Kier alpha value is -1.33. The summed E-state index contributed by atoms with van der Waals surface area (Å²) in [5, 5.41) is 54.7. The average molecular weight is 1030 g/mol. The number of amides is 1. The van der Waals surface area contributed by atoms with Crippen LogP contribution in [0.1, 0.15) is 322 Å². The fraction of sp³-hybridized carbons (Fsp3) is 0.922. The molecule has 1 heterocycles. The maximum Gasteiger partial charge on any atom is 0.220 e. The number of carbonyl (C=O) groups excluding carboxylic acids is 1. The van der Waals surface area contributed by atoms with E-state index in [1.54, 1.807) is 6.08 Å². The largest absolute Gasteiger partial charge is 0.394 e. The van der Waals surface area contributed by atoms with Crippen molar-refractivity contribution in [2.75, 3.05) is 13.2 Å². The average Bonchev–Trinajstić information content (AvgIpc) is 3.39. The molecule has 1 fully saturated rings. The van der Waals surface area contributed by atoms with E-state index < -0.39 is 49.5 Å². The van der Waals surface area contributed by atoms with Crippen molar-refractivity contribution in [3.8, 4) is 0 Å². The lowest BCUT2D eigenvalue weighted by Crippen LogP contribution is -2.60. The Balaban J connectivity index is 2.17. The lowest BCUT2D eigenvalue weighted by atomic mass is 9.99. The molecule has 1 aliphatic rings. The topological polar surface area (TPSA) is 149 Å². The molecule has 1 aliphatic heterocycles. The third kappa shape index (κ3) is 43.4. The zero-order valence-electron chi connectivity index (χ0n) is 48.2. The van der Waals surface area contributed by atoms with Gasteiger partial charge in [0.15, 0.2) is 6.29 Å². The molecule has 1 rings (SSSR count). The van der Waals surface area contributed by atoms with E-state index in [-0.39, 0.29) is 12.5 Å². The number of nitrogens with one attached hydrogen (secondary N) is 1. The van der Waals surface area contributed by atoms with E-state index in [1.165, 1.54) is 263 Å². The van der Waals surface area contributed by atoms with Crippen molar-refractivity contribution in [1.82, 2.24) is 5.32 Å². The lowest BCUT2D eigenvalue weighted by molar-refractivity contribution is -0.302. The highest BCUT2D eigenvalue weighted by molar-refractivity contribution is 5.76. The Morgan fingerprint density at radius 1 is 0.452 bits per heavy atom. The zero-order valence-corrected chi connectivity index (χ0v) is 48.2. The van der Waals surface area contributed by atoms with Crippen molar-refractivity contribution in [3.63, 3.8) is 0 Å². The first kappa shape index (κ1) is 69.7. The molecule has 1 amide bonds. The molecule has 73 heavy (non-hydrogen) atoms. The number of carbonyl (C=O) groups is 1. The smallest absolute Gasteiger partial charge is 0.220 e. The summed E-state index contributed by atoms with van der Waals surface area (Å²) in [6, 6.07) is -0.804. The van der Waals surface area contributed by atoms with Gasteiger partial charge in [-0.15, -0.1) is 0 Å². The van der Waals surface area contributed by atoms with Crippen molar-refractivity contribution in [2.24, 2.45) is 0 Å². The van der Waals surface area contributed by atoms with Crippen molar-refractivity contribution in [2.45, 2.75) is 365 Å². The van der Waals surface area contributed by atoms with Gasteiger partial charge in [0.1, 0.15) is 24.4 Å². The molecule has 0 aliphatic carbocycles. The molecule has 0 bridgehead atoms. The third-order valence-corrected chi connectivity index (χ3v) is 15.5. The van der Waals surface area contributed by atoms with Crippen LogP contribution in [0.2, 0.25) is 0 Å². The molecule has 9 heteroatoms. The molecule has 0 spiro atoms. The van der Waals surface area contributed by atoms with Gasteiger partial charge >= 0.3 is 0 Å². The first-order chi connectivity index (χ1) is 35.8. The van der Waals surface area contributed by atoms with Gasteiger partial charge in [0, 0.05) is 6.42 Å². The summed E-state index contributed by atoms with van der Waals surface area (Å²) in [5.41, 5.74) is 0. The van der Waals surface area contributed by atoms with Crippen LogP contribution < -0.4 is 5.32 Å². The third-order valence-electron chi connectivity index (χ3n) is 15.5. The minimum absolute atomic E-state index is 0.172. The van der Waals surface area contributed by atoms with Crippen LogP contribution in [0.4, 0.5) is 0 Å². The van der Waals surface area contributed by atoms with E-state index in [9.17, 15) is 30.3 Å². The van der Waals surface area contributed by atoms with Gasteiger partial charge in [0.25, 0.3) is 0 Å². The molecular formula is C64H123NO8.